The summed E-state index contributed by atoms with van der Waals surface area (Å²) in [4.78, 5) is 62.0. The van der Waals surface area contributed by atoms with Gasteiger partial charge in [0.25, 0.3) is 0 Å². The molecule has 0 spiro atoms. The first-order valence-electron chi connectivity index (χ1n) is 13.2. The lowest BCUT2D eigenvalue weighted by Crippen LogP contribution is -2.47. The third-order valence-corrected chi connectivity index (χ3v) is 5.32. The van der Waals surface area contributed by atoms with Crippen LogP contribution in [0.3, 0.4) is 0 Å². The number of carbonyl (C=O) groups is 5. The summed E-state index contributed by atoms with van der Waals surface area (Å²) < 4.78 is 25.8. The summed E-state index contributed by atoms with van der Waals surface area (Å²) in [6, 6.07) is 23.2. The van der Waals surface area contributed by atoms with Crippen molar-refractivity contribution in [1.82, 2.24) is 16.0 Å². The van der Waals surface area contributed by atoms with E-state index in [1.165, 1.54) is 26.0 Å². The van der Waals surface area contributed by atoms with Crippen molar-refractivity contribution in [3.63, 3.8) is 0 Å². The van der Waals surface area contributed by atoms with E-state index in [-0.39, 0.29) is 24.3 Å². The van der Waals surface area contributed by atoms with Crippen LogP contribution in [0.5, 0.6) is 17.2 Å². The predicted molar refractivity (Wildman–Crippen MR) is 151 cm³/mol. The Morgan fingerprint density at radius 1 is 0.558 bits per heavy atom. The maximum atomic E-state index is 12.9. The number of hydrogen-bond donors (Lipinski definition) is 3. The SMILES string of the molecule is CC(NC(=O)Oc1ccccc1)OC(=O)CCC(NC(=O)Oc1ccccc1)C(=O)OC(C)NC(=O)Oc1ccccc1. The van der Waals surface area contributed by atoms with E-state index in [4.69, 9.17) is 23.7 Å². The van der Waals surface area contributed by atoms with Crippen molar-refractivity contribution in [2.24, 2.45) is 0 Å². The molecule has 0 saturated carbocycles. The third-order valence-electron chi connectivity index (χ3n) is 5.32. The van der Waals surface area contributed by atoms with Crippen LogP contribution < -0.4 is 30.2 Å². The minimum absolute atomic E-state index is 0.215. The minimum atomic E-state index is -1.37. The average Bonchev–Trinajstić information content (AvgIpc) is 2.96. The van der Waals surface area contributed by atoms with Crippen LogP contribution in [0.15, 0.2) is 91.0 Å². The first-order chi connectivity index (χ1) is 20.7. The fourth-order valence-electron chi connectivity index (χ4n) is 3.43. The molecule has 0 radical (unpaired) electrons. The van der Waals surface area contributed by atoms with E-state index in [9.17, 15) is 24.0 Å². The summed E-state index contributed by atoms with van der Waals surface area (Å²) in [5.41, 5.74) is 0. The predicted octanol–water partition coefficient (Wildman–Crippen LogP) is 4.28. The summed E-state index contributed by atoms with van der Waals surface area (Å²) >= 11 is 0. The number of rotatable bonds is 12. The van der Waals surface area contributed by atoms with Crippen molar-refractivity contribution in [1.29, 1.82) is 0 Å². The Morgan fingerprint density at radius 2 is 0.930 bits per heavy atom. The van der Waals surface area contributed by atoms with E-state index in [2.05, 4.69) is 16.0 Å². The van der Waals surface area contributed by atoms with Crippen LogP contribution in [0.4, 0.5) is 14.4 Å². The second kappa shape index (κ2) is 16.6. The maximum Gasteiger partial charge on any atom is 0.415 e. The second-order valence-corrected chi connectivity index (χ2v) is 8.84. The van der Waals surface area contributed by atoms with Crippen LogP contribution in [0.2, 0.25) is 0 Å². The van der Waals surface area contributed by atoms with Gasteiger partial charge in [-0.15, -0.1) is 0 Å². The number of para-hydroxylation sites is 3. The van der Waals surface area contributed by atoms with Gasteiger partial charge in [-0.1, -0.05) is 54.6 Å². The minimum Gasteiger partial charge on any atom is -0.442 e. The molecular weight excluding hydrogens is 562 g/mol. The maximum absolute atomic E-state index is 12.9. The van der Waals surface area contributed by atoms with Gasteiger partial charge in [0.15, 0.2) is 12.5 Å². The molecule has 0 heterocycles. The van der Waals surface area contributed by atoms with Crippen molar-refractivity contribution in [3.8, 4) is 17.2 Å². The average molecular weight is 594 g/mol. The van der Waals surface area contributed by atoms with E-state index in [1.54, 1.807) is 78.9 Å². The Labute approximate surface area is 247 Å². The van der Waals surface area contributed by atoms with Crippen LogP contribution in [0.1, 0.15) is 26.7 Å². The Morgan fingerprint density at radius 3 is 1.35 bits per heavy atom. The number of benzene rings is 3. The molecule has 0 saturated heterocycles. The van der Waals surface area contributed by atoms with Crippen molar-refractivity contribution in [3.05, 3.63) is 91.0 Å². The lowest BCUT2D eigenvalue weighted by Gasteiger charge is -2.21. The van der Waals surface area contributed by atoms with Crippen LogP contribution in [-0.4, -0.2) is 48.7 Å². The van der Waals surface area contributed by atoms with Crippen molar-refractivity contribution >= 4 is 30.2 Å². The lowest BCUT2D eigenvalue weighted by molar-refractivity contribution is -0.153. The van der Waals surface area contributed by atoms with Crippen LogP contribution in [-0.2, 0) is 19.1 Å². The smallest absolute Gasteiger partial charge is 0.415 e. The number of amides is 3. The molecule has 3 amide bonds. The molecule has 226 valence electrons. The first kappa shape index (κ1) is 31.9. The number of hydrogen-bond acceptors (Lipinski definition) is 10. The van der Waals surface area contributed by atoms with Crippen molar-refractivity contribution in [2.45, 2.75) is 45.2 Å². The topological polar surface area (TPSA) is 168 Å². The molecule has 3 atom stereocenters. The molecule has 13 heteroatoms. The zero-order valence-corrected chi connectivity index (χ0v) is 23.4. The Bertz CT molecular complexity index is 1360. The van der Waals surface area contributed by atoms with Gasteiger partial charge in [-0.05, 0) is 56.7 Å². The summed E-state index contributed by atoms with van der Waals surface area (Å²) in [6.45, 7) is 2.78. The van der Waals surface area contributed by atoms with Gasteiger partial charge in [-0.3, -0.25) is 15.4 Å². The van der Waals surface area contributed by atoms with Gasteiger partial charge in [-0.25, -0.2) is 19.2 Å². The molecule has 3 N–H and O–H groups in total. The highest BCUT2D eigenvalue weighted by Gasteiger charge is 2.27. The second-order valence-electron chi connectivity index (χ2n) is 8.84. The largest absolute Gasteiger partial charge is 0.442 e. The van der Waals surface area contributed by atoms with E-state index in [0.29, 0.717) is 5.75 Å². The molecule has 0 aliphatic carbocycles. The molecule has 3 rings (SSSR count). The molecule has 3 unspecified atom stereocenters. The Hall–Kier alpha value is -5.59. The Balaban J connectivity index is 1.53. The summed E-state index contributed by atoms with van der Waals surface area (Å²) in [7, 11) is 0. The van der Waals surface area contributed by atoms with E-state index in [1.807, 2.05) is 0 Å². The quantitative estimate of drug-likeness (QED) is 0.204. The molecule has 0 fully saturated rings. The van der Waals surface area contributed by atoms with Crippen LogP contribution >= 0.6 is 0 Å². The highest BCUT2D eigenvalue weighted by atomic mass is 16.6. The fraction of sp³-hybridized carbons (Fsp3) is 0.233. The lowest BCUT2D eigenvalue weighted by atomic mass is 10.1. The summed E-state index contributed by atoms with van der Waals surface area (Å²) in [6.07, 6.45) is -5.55. The standard InChI is InChI=1S/C30H31N3O10/c1-20(31-28(36)41-22-12-6-3-7-13-22)39-26(34)19-18-25(33-30(38)43-24-16-10-5-11-17-24)27(35)40-21(2)32-29(37)42-23-14-8-4-9-15-23/h3-17,20-21,25H,18-19H2,1-2H3,(H,31,36)(H,32,37)(H,33,38). The zero-order valence-electron chi connectivity index (χ0n) is 23.4. The molecular formula is C30H31N3O10. The van der Waals surface area contributed by atoms with Gasteiger partial charge in [0.05, 0.1) is 0 Å². The monoisotopic (exact) mass is 593 g/mol. The van der Waals surface area contributed by atoms with E-state index >= 15 is 0 Å². The molecule has 0 aliphatic heterocycles. The number of nitrogens with one attached hydrogen (secondary N) is 3. The zero-order chi connectivity index (χ0) is 31.0. The number of ether oxygens (including phenoxy) is 5. The van der Waals surface area contributed by atoms with Crippen LogP contribution in [0, 0.1) is 0 Å². The van der Waals surface area contributed by atoms with Gasteiger partial charge in [-0.2, -0.15) is 0 Å². The number of esters is 2. The molecule has 3 aromatic rings. The van der Waals surface area contributed by atoms with Gasteiger partial charge >= 0.3 is 30.2 Å². The number of carbonyl (C=O) groups excluding carboxylic acids is 5. The van der Waals surface area contributed by atoms with Crippen molar-refractivity contribution < 1.29 is 47.7 Å². The van der Waals surface area contributed by atoms with E-state index < -0.39 is 48.7 Å². The highest BCUT2D eigenvalue weighted by molar-refractivity contribution is 5.83. The van der Waals surface area contributed by atoms with Gasteiger partial charge in [0, 0.05) is 6.42 Å². The van der Waals surface area contributed by atoms with Crippen molar-refractivity contribution in [2.75, 3.05) is 0 Å². The third kappa shape index (κ3) is 12.2. The molecule has 0 bridgehead atoms. The molecule has 13 nitrogen and oxygen atoms in total. The molecule has 0 aromatic heterocycles. The van der Waals surface area contributed by atoms with E-state index in [0.717, 1.165) is 0 Å². The molecule has 3 aromatic carbocycles. The summed E-state index contributed by atoms with van der Waals surface area (Å²) in [5.74, 6) is -0.973. The van der Waals surface area contributed by atoms with Crippen LogP contribution in [0.25, 0.3) is 0 Å². The fourth-order valence-corrected chi connectivity index (χ4v) is 3.43. The molecule has 43 heavy (non-hydrogen) atoms. The van der Waals surface area contributed by atoms with Gasteiger partial charge in [0.2, 0.25) is 0 Å². The first-order valence-corrected chi connectivity index (χ1v) is 13.2. The van der Waals surface area contributed by atoms with Gasteiger partial charge in [0.1, 0.15) is 23.3 Å². The normalized spacial score (nSPS) is 12.3. The summed E-state index contributed by atoms with van der Waals surface area (Å²) in [5, 5.41) is 7.05. The molecule has 0 aliphatic rings. The Kier molecular flexibility index (Phi) is 12.3. The highest BCUT2D eigenvalue weighted by Crippen LogP contribution is 2.12. The van der Waals surface area contributed by atoms with Gasteiger partial charge < -0.3 is 29.0 Å².